The molecule has 0 radical (unpaired) electrons. The molecule has 2 unspecified atom stereocenters. The van der Waals surface area contributed by atoms with Crippen LogP contribution < -0.4 is 0 Å². The molecule has 0 bridgehead atoms. The van der Waals surface area contributed by atoms with Crippen molar-refractivity contribution in [1.29, 1.82) is 0 Å². The number of unbranched alkanes of at least 4 members (excludes halogenated alkanes) is 5. The predicted molar refractivity (Wildman–Crippen MR) is 69.8 cm³/mol. The summed E-state index contributed by atoms with van der Waals surface area (Å²) < 4.78 is 4.52. The highest BCUT2D eigenvalue weighted by Crippen LogP contribution is 2.09. The number of hydrogen-bond acceptors (Lipinski definition) is 6. The number of carbonyl (C=O) groups is 2. The van der Waals surface area contributed by atoms with Crippen LogP contribution in [0, 0.1) is 0 Å². The van der Waals surface area contributed by atoms with Crippen LogP contribution in [-0.2, 0) is 14.3 Å². The highest BCUT2D eigenvalue weighted by molar-refractivity contribution is 5.69. The molecule has 0 aromatic carbocycles. The third-order valence-electron chi connectivity index (χ3n) is 2.79. The van der Waals surface area contributed by atoms with Gasteiger partial charge in [-0.2, -0.15) is 0 Å². The number of esters is 1. The van der Waals surface area contributed by atoms with Crippen LogP contribution in [0.4, 0.5) is 0 Å². The van der Waals surface area contributed by atoms with Crippen molar-refractivity contribution in [3.63, 3.8) is 0 Å². The Morgan fingerprint density at radius 1 is 0.900 bits per heavy atom. The summed E-state index contributed by atoms with van der Waals surface area (Å²) in [6.07, 6.45) is 1.96. The molecular formula is C13H24O7. The number of aliphatic hydroxyl groups excluding tert-OH is 3. The summed E-state index contributed by atoms with van der Waals surface area (Å²) in [7, 11) is 0. The van der Waals surface area contributed by atoms with Gasteiger partial charge in [0.25, 0.3) is 0 Å². The van der Waals surface area contributed by atoms with Crippen LogP contribution in [0.2, 0.25) is 0 Å². The molecule has 0 aliphatic rings. The average molecular weight is 292 g/mol. The van der Waals surface area contributed by atoms with Crippen molar-refractivity contribution in [2.24, 2.45) is 0 Å². The van der Waals surface area contributed by atoms with E-state index in [-0.39, 0.29) is 12.8 Å². The van der Waals surface area contributed by atoms with E-state index in [1.54, 1.807) is 0 Å². The SMILES string of the molecule is O=C(O)CCCCCCCCC(=O)OC(O)C(O)CO. The van der Waals surface area contributed by atoms with Gasteiger partial charge in [-0.1, -0.05) is 25.7 Å². The average Bonchev–Trinajstić information content (AvgIpc) is 2.40. The number of aliphatic carboxylic acids is 1. The smallest absolute Gasteiger partial charge is 0.308 e. The molecule has 0 heterocycles. The minimum Gasteiger partial charge on any atom is -0.481 e. The van der Waals surface area contributed by atoms with Gasteiger partial charge in [0.05, 0.1) is 6.61 Å². The van der Waals surface area contributed by atoms with Gasteiger partial charge in [0, 0.05) is 12.8 Å². The lowest BCUT2D eigenvalue weighted by atomic mass is 10.1. The summed E-state index contributed by atoms with van der Waals surface area (Å²) >= 11 is 0. The quantitative estimate of drug-likeness (QED) is 0.233. The van der Waals surface area contributed by atoms with Crippen molar-refractivity contribution in [1.82, 2.24) is 0 Å². The van der Waals surface area contributed by atoms with Crippen molar-refractivity contribution in [2.45, 2.75) is 63.8 Å². The number of carbonyl (C=O) groups excluding carboxylic acids is 1. The van der Waals surface area contributed by atoms with Gasteiger partial charge in [-0.05, 0) is 12.8 Å². The number of hydrogen-bond donors (Lipinski definition) is 4. The lowest BCUT2D eigenvalue weighted by molar-refractivity contribution is -0.190. The van der Waals surface area contributed by atoms with Crippen LogP contribution >= 0.6 is 0 Å². The van der Waals surface area contributed by atoms with Gasteiger partial charge in [0.1, 0.15) is 6.10 Å². The fourth-order valence-electron chi connectivity index (χ4n) is 1.61. The molecule has 2 atom stereocenters. The number of rotatable bonds is 12. The van der Waals surface area contributed by atoms with Crippen LogP contribution in [0.3, 0.4) is 0 Å². The molecule has 0 amide bonds. The lowest BCUT2D eigenvalue weighted by Gasteiger charge is -2.15. The van der Waals surface area contributed by atoms with E-state index >= 15 is 0 Å². The Morgan fingerprint density at radius 2 is 1.40 bits per heavy atom. The summed E-state index contributed by atoms with van der Waals surface area (Å²) in [5, 5.41) is 35.1. The summed E-state index contributed by atoms with van der Waals surface area (Å²) in [6.45, 7) is -0.676. The zero-order chi connectivity index (χ0) is 15.4. The molecule has 0 rings (SSSR count). The Balaban J connectivity index is 3.42. The topological polar surface area (TPSA) is 124 Å². The van der Waals surface area contributed by atoms with Crippen molar-refractivity contribution < 1.29 is 34.8 Å². The summed E-state index contributed by atoms with van der Waals surface area (Å²) in [5.74, 6) is -1.40. The van der Waals surface area contributed by atoms with Gasteiger partial charge in [0.15, 0.2) is 0 Å². The maximum absolute atomic E-state index is 11.2. The first-order valence-corrected chi connectivity index (χ1v) is 6.85. The standard InChI is InChI=1S/C13H24O7/c14-9-10(15)13(19)20-12(18)8-6-4-2-1-3-5-7-11(16)17/h10,13-15,19H,1-9H2,(H,16,17). The molecule has 0 fully saturated rings. The van der Waals surface area contributed by atoms with E-state index in [0.29, 0.717) is 12.8 Å². The van der Waals surface area contributed by atoms with Gasteiger partial charge in [-0.25, -0.2) is 0 Å². The monoisotopic (exact) mass is 292 g/mol. The second-order valence-corrected chi connectivity index (χ2v) is 4.65. The molecule has 4 N–H and O–H groups in total. The summed E-state index contributed by atoms with van der Waals surface area (Å²) in [4.78, 5) is 21.5. The second-order valence-electron chi connectivity index (χ2n) is 4.65. The van der Waals surface area contributed by atoms with E-state index in [9.17, 15) is 9.59 Å². The van der Waals surface area contributed by atoms with Crippen LogP contribution in [-0.4, -0.2) is 51.4 Å². The molecule has 0 aromatic rings. The van der Waals surface area contributed by atoms with Crippen molar-refractivity contribution >= 4 is 11.9 Å². The zero-order valence-corrected chi connectivity index (χ0v) is 11.5. The minimum absolute atomic E-state index is 0.143. The minimum atomic E-state index is -1.69. The molecular weight excluding hydrogens is 268 g/mol. The molecule has 7 nitrogen and oxygen atoms in total. The second kappa shape index (κ2) is 11.6. The third-order valence-corrected chi connectivity index (χ3v) is 2.79. The van der Waals surface area contributed by atoms with Crippen molar-refractivity contribution in [3.05, 3.63) is 0 Å². The van der Waals surface area contributed by atoms with Crippen LogP contribution in [0.5, 0.6) is 0 Å². The van der Waals surface area contributed by atoms with E-state index in [1.165, 1.54) is 0 Å². The summed E-state index contributed by atoms with van der Waals surface area (Å²) in [6, 6.07) is 0. The zero-order valence-electron chi connectivity index (χ0n) is 11.5. The molecule has 118 valence electrons. The van der Waals surface area contributed by atoms with Crippen LogP contribution in [0.25, 0.3) is 0 Å². The van der Waals surface area contributed by atoms with Crippen molar-refractivity contribution in [2.75, 3.05) is 6.61 Å². The fourth-order valence-corrected chi connectivity index (χ4v) is 1.61. The van der Waals surface area contributed by atoms with Crippen LogP contribution in [0.15, 0.2) is 0 Å². The molecule has 7 heteroatoms. The molecule has 0 aliphatic heterocycles. The molecule has 0 aromatic heterocycles. The number of aliphatic hydroxyl groups is 3. The number of carboxylic acids is 1. The first kappa shape index (κ1) is 18.8. The Labute approximate surface area is 118 Å². The third kappa shape index (κ3) is 10.7. The van der Waals surface area contributed by atoms with Gasteiger partial charge in [0.2, 0.25) is 6.29 Å². The molecule has 0 saturated carbocycles. The highest BCUT2D eigenvalue weighted by Gasteiger charge is 2.19. The van der Waals surface area contributed by atoms with E-state index in [4.69, 9.17) is 20.4 Å². The maximum Gasteiger partial charge on any atom is 0.308 e. The summed E-state index contributed by atoms with van der Waals surface area (Å²) in [5.41, 5.74) is 0. The first-order valence-electron chi connectivity index (χ1n) is 6.85. The van der Waals surface area contributed by atoms with Gasteiger partial charge in [-0.3, -0.25) is 9.59 Å². The Hall–Kier alpha value is -1.18. The Bertz CT molecular complexity index is 280. The van der Waals surface area contributed by atoms with Crippen LogP contribution in [0.1, 0.15) is 51.4 Å². The molecule has 0 aliphatic carbocycles. The van der Waals surface area contributed by atoms with E-state index in [2.05, 4.69) is 4.74 Å². The van der Waals surface area contributed by atoms with E-state index in [1.807, 2.05) is 0 Å². The first-order chi connectivity index (χ1) is 9.47. The van der Waals surface area contributed by atoms with Gasteiger partial charge in [-0.15, -0.1) is 0 Å². The highest BCUT2D eigenvalue weighted by atomic mass is 16.6. The largest absolute Gasteiger partial charge is 0.481 e. The normalized spacial score (nSPS) is 13.8. The van der Waals surface area contributed by atoms with Gasteiger partial charge < -0.3 is 25.2 Å². The van der Waals surface area contributed by atoms with Crippen molar-refractivity contribution in [3.8, 4) is 0 Å². The lowest BCUT2D eigenvalue weighted by Crippen LogP contribution is -2.33. The Kier molecular flexibility index (Phi) is 10.9. The molecule has 0 spiro atoms. The number of ether oxygens (including phenoxy) is 1. The Morgan fingerprint density at radius 3 is 1.90 bits per heavy atom. The molecule has 0 saturated heterocycles. The maximum atomic E-state index is 11.2. The fraction of sp³-hybridized carbons (Fsp3) is 0.846. The predicted octanol–water partition coefficient (Wildman–Crippen LogP) is 0.407. The number of carboxylic acid groups (broad SMARTS) is 1. The van der Waals surface area contributed by atoms with E-state index < -0.39 is 30.9 Å². The van der Waals surface area contributed by atoms with E-state index in [0.717, 1.165) is 25.7 Å². The molecule has 20 heavy (non-hydrogen) atoms. The van der Waals surface area contributed by atoms with Gasteiger partial charge >= 0.3 is 11.9 Å².